The van der Waals surface area contributed by atoms with Crippen molar-refractivity contribution in [3.63, 3.8) is 0 Å². The van der Waals surface area contributed by atoms with Crippen molar-refractivity contribution in [2.24, 2.45) is 0 Å². The maximum atomic E-state index is 13.3. The summed E-state index contributed by atoms with van der Waals surface area (Å²) in [7, 11) is 1.53. The maximum Gasteiger partial charge on any atom is 0.250 e. The molecule has 1 N–H and O–H groups in total. The molecule has 4 rings (SSSR count). The molecule has 0 aliphatic carbocycles. The number of carbonyl (C=O) groups excluding carboxylic acids is 3. The highest BCUT2D eigenvalue weighted by molar-refractivity contribution is 8.01. The Bertz CT molecular complexity index is 974. The lowest BCUT2D eigenvalue weighted by atomic mass is 10.2. The first-order valence-corrected chi connectivity index (χ1v) is 10.7. The summed E-state index contributed by atoms with van der Waals surface area (Å²) >= 11 is 1.27. The second-order valence-electron chi connectivity index (χ2n) is 7.17. The van der Waals surface area contributed by atoms with Crippen LogP contribution in [-0.4, -0.2) is 54.6 Å². The predicted octanol–water partition coefficient (Wildman–Crippen LogP) is 2.76. The van der Waals surface area contributed by atoms with Gasteiger partial charge in [-0.2, -0.15) is 0 Å². The summed E-state index contributed by atoms with van der Waals surface area (Å²) in [6.07, 6.45) is 1.91. The van der Waals surface area contributed by atoms with Gasteiger partial charge in [-0.1, -0.05) is 24.3 Å². The fourth-order valence-corrected chi connectivity index (χ4v) is 4.91. The molecular formula is C22H23N3O4S. The van der Waals surface area contributed by atoms with Crippen molar-refractivity contribution in [3.8, 4) is 5.75 Å². The number of anilines is 2. The van der Waals surface area contributed by atoms with E-state index in [0.717, 1.165) is 17.7 Å². The Balaban J connectivity index is 1.56. The molecule has 8 heteroatoms. The summed E-state index contributed by atoms with van der Waals surface area (Å²) in [5.41, 5.74) is 1.18. The number of ether oxygens (including phenoxy) is 1. The number of fused-ring (bicyclic) bond motifs is 1. The predicted molar refractivity (Wildman–Crippen MR) is 116 cm³/mol. The van der Waals surface area contributed by atoms with Gasteiger partial charge in [0.15, 0.2) is 5.25 Å². The molecule has 2 heterocycles. The van der Waals surface area contributed by atoms with E-state index >= 15 is 0 Å². The summed E-state index contributed by atoms with van der Waals surface area (Å²) in [6, 6.07) is 14.4. The molecule has 0 spiro atoms. The summed E-state index contributed by atoms with van der Waals surface area (Å²) < 4.78 is 5.27. The number of hydrogen-bond donors (Lipinski definition) is 1. The number of thioether (sulfide) groups is 1. The SMILES string of the molecule is COc1ccccc1NC(=O)CN1C(=O)[C@@H](C(=O)N2CCCC2)Sc2ccccc21. The number of methoxy groups -OCH3 is 1. The molecule has 0 saturated carbocycles. The minimum Gasteiger partial charge on any atom is -0.495 e. The van der Waals surface area contributed by atoms with E-state index in [1.165, 1.54) is 23.8 Å². The average molecular weight is 426 g/mol. The van der Waals surface area contributed by atoms with Gasteiger partial charge in [-0.15, -0.1) is 11.8 Å². The van der Waals surface area contributed by atoms with Crippen LogP contribution in [0.2, 0.25) is 0 Å². The number of hydrogen-bond acceptors (Lipinski definition) is 5. The molecule has 0 aromatic heterocycles. The van der Waals surface area contributed by atoms with Crippen LogP contribution in [0.15, 0.2) is 53.4 Å². The number of rotatable bonds is 5. The van der Waals surface area contributed by atoms with Crippen molar-refractivity contribution in [3.05, 3.63) is 48.5 Å². The third kappa shape index (κ3) is 4.00. The third-order valence-corrected chi connectivity index (χ3v) is 6.45. The van der Waals surface area contributed by atoms with E-state index < -0.39 is 5.25 Å². The molecule has 156 valence electrons. The van der Waals surface area contributed by atoms with Crippen LogP contribution >= 0.6 is 11.8 Å². The van der Waals surface area contributed by atoms with Gasteiger partial charge in [0.1, 0.15) is 12.3 Å². The Morgan fingerprint density at radius 1 is 1.10 bits per heavy atom. The molecule has 2 aromatic carbocycles. The Hall–Kier alpha value is -3.00. The second-order valence-corrected chi connectivity index (χ2v) is 8.32. The van der Waals surface area contributed by atoms with Gasteiger partial charge in [-0.05, 0) is 37.1 Å². The number of amides is 3. The van der Waals surface area contributed by atoms with Crippen LogP contribution in [0.5, 0.6) is 5.75 Å². The lowest BCUT2D eigenvalue weighted by molar-refractivity contribution is -0.134. The summed E-state index contributed by atoms with van der Waals surface area (Å²) in [5.74, 6) is -0.353. The van der Waals surface area contributed by atoms with Crippen LogP contribution in [0.25, 0.3) is 0 Å². The molecular weight excluding hydrogens is 402 g/mol. The standard InChI is InChI=1S/C22H23N3O4S/c1-29-17-10-4-2-8-15(17)23-19(26)14-25-16-9-3-5-11-18(16)30-20(22(25)28)21(27)24-12-6-7-13-24/h2-5,8-11,20H,6-7,12-14H2,1H3,(H,23,26)/t20-/m1/s1. The maximum absolute atomic E-state index is 13.3. The Morgan fingerprint density at radius 3 is 2.57 bits per heavy atom. The molecule has 0 unspecified atom stereocenters. The minimum atomic E-state index is -0.864. The van der Waals surface area contributed by atoms with Crippen molar-refractivity contribution in [2.75, 3.05) is 37.0 Å². The largest absolute Gasteiger partial charge is 0.495 e. The number of likely N-dealkylation sites (tertiary alicyclic amines) is 1. The summed E-state index contributed by atoms with van der Waals surface area (Å²) in [4.78, 5) is 43.0. The highest BCUT2D eigenvalue weighted by atomic mass is 32.2. The number of carbonyl (C=O) groups is 3. The quantitative estimate of drug-likeness (QED) is 0.746. The zero-order valence-corrected chi connectivity index (χ0v) is 17.5. The molecule has 2 aromatic rings. The van der Waals surface area contributed by atoms with Gasteiger partial charge in [0.25, 0.3) is 5.91 Å². The summed E-state index contributed by atoms with van der Waals surface area (Å²) in [6.45, 7) is 1.18. The van der Waals surface area contributed by atoms with E-state index in [1.807, 2.05) is 24.3 Å². The topological polar surface area (TPSA) is 79.0 Å². The van der Waals surface area contributed by atoms with Crippen molar-refractivity contribution >= 4 is 40.9 Å². The Labute approximate surface area is 179 Å². The van der Waals surface area contributed by atoms with Crippen LogP contribution < -0.4 is 15.0 Å². The fraction of sp³-hybridized carbons (Fsp3) is 0.318. The monoisotopic (exact) mass is 425 g/mol. The minimum absolute atomic E-state index is 0.174. The lowest BCUT2D eigenvalue weighted by Gasteiger charge is -2.34. The molecule has 30 heavy (non-hydrogen) atoms. The van der Waals surface area contributed by atoms with Crippen LogP contribution in [0, 0.1) is 0 Å². The number of para-hydroxylation sites is 3. The molecule has 0 radical (unpaired) electrons. The smallest absolute Gasteiger partial charge is 0.250 e. The molecule has 1 saturated heterocycles. The molecule has 2 aliphatic heterocycles. The van der Waals surface area contributed by atoms with Crippen molar-refractivity contribution < 1.29 is 19.1 Å². The first-order chi connectivity index (χ1) is 14.6. The van der Waals surface area contributed by atoms with Gasteiger partial charge >= 0.3 is 0 Å². The van der Waals surface area contributed by atoms with Crippen molar-refractivity contribution in [1.82, 2.24) is 4.90 Å². The van der Waals surface area contributed by atoms with Gasteiger partial charge in [-0.3, -0.25) is 14.4 Å². The lowest BCUT2D eigenvalue weighted by Crippen LogP contribution is -2.51. The van der Waals surface area contributed by atoms with E-state index in [-0.39, 0.29) is 24.3 Å². The molecule has 1 fully saturated rings. The Morgan fingerprint density at radius 2 is 1.80 bits per heavy atom. The van der Waals surface area contributed by atoms with Gasteiger partial charge in [-0.25, -0.2) is 0 Å². The van der Waals surface area contributed by atoms with Crippen LogP contribution in [0.1, 0.15) is 12.8 Å². The Kier molecular flexibility index (Phi) is 5.94. The van der Waals surface area contributed by atoms with E-state index in [1.54, 1.807) is 29.2 Å². The zero-order valence-electron chi connectivity index (χ0n) is 16.7. The number of nitrogens with zero attached hydrogens (tertiary/aromatic N) is 2. The fourth-order valence-electron chi connectivity index (χ4n) is 3.72. The molecule has 3 amide bonds. The van der Waals surface area contributed by atoms with E-state index in [9.17, 15) is 14.4 Å². The number of benzene rings is 2. The normalized spacial score (nSPS) is 18.2. The van der Waals surface area contributed by atoms with Gasteiger partial charge in [0, 0.05) is 18.0 Å². The van der Waals surface area contributed by atoms with Crippen LogP contribution in [0.4, 0.5) is 11.4 Å². The molecule has 1 atom stereocenters. The van der Waals surface area contributed by atoms with Crippen molar-refractivity contribution in [1.29, 1.82) is 0 Å². The molecule has 0 bridgehead atoms. The molecule has 2 aliphatic rings. The average Bonchev–Trinajstić information content (AvgIpc) is 3.30. The molecule has 7 nitrogen and oxygen atoms in total. The first-order valence-electron chi connectivity index (χ1n) is 9.87. The second kappa shape index (κ2) is 8.79. The third-order valence-electron chi connectivity index (χ3n) is 5.22. The number of nitrogens with one attached hydrogen (secondary N) is 1. The van der Waals surface area contributed by atoms with E-state index in [0.29, 0.717) is 30.2 Å². The zero-order chi connectivity index (χ0) is 21.1. The van der Waals surface area contributed by atoms with Crippen LogP contribution in [0.3, 0.4) is 0 Å². The highest BCUT2D eigenvalue weighted by Crippen LogP contribution is 2.40. The van der Waals surface area contributed by atoms with E-state index in [4.69, 9.17) is 4.74 Å². The van der Waals surface area contributed by atoms with E-state index in [2.05, 4.69) is 5.32 Å². The van der Waals surface area contributed by atoms with Gasteiger partial charge in [0.2, 0.25) is 11.8 Å². The van der Waals surface area contributed by atoms with Crippen LogP contribution in [-0.2, 0) is 14.4 Å². The summed E-state index contributed by atoms with van der Waals surface area (Å²) in [5, 5.41) is 1.94. The first kappa shape index (κ1) is 20.3. The van der Waals surface area contributed by atoms with Gasteiger partial charge in [0.05, 0.1) is 18.5 Å². The van der Waals surface area contributed by atoms with Gasteiger partial charge < -0.3 is 19.9 Å². The van der Waals surface area contributed by atoms with Crippen molar-refractivity contribution in [2.45, 2.75) is 23.0 Å². The highest BCUT2D eigenvalue weighted by Gasteiger charge is 2.41.